The molecule has 0 spiro atoms. The highest BCUT2D eigenvalue weighted by Crippen LogP contribution is 2.28. The molecular weight excluding hydrogens is 228 g/mol. The standard InChI is InChI=1S/C14H20N2O2/c1-9-5-4-6-10(2)13(9)16-11(3)7-15-12(8-17)14(16)18/h4-6,11-12,15,17H,7-8H2,1-3H3. The zero-order valence-electron chi connectivity index (χ0n) is 11.1. The Kier molecular flexibility index (Phi) is 3.68. The molecule has 0 radical (unpaired) electrons. The summed E-state index contributed by atoms with van der Waals surface area (Å²) in [4.78, 5) is 14.2. The van der Waals surface area contributed by atoms with E-state index in [4.69, 9.17) is 0 Å². The number of para-hydroxylation sites is 1. The third kappa shape index (κ3) is 2.13. The minimum absolute atomic E-state index is 0.0475. The van der Waals surface area contributed by atoms with E-state index in [-0.39, 0.29) is 18.6 Å². The van der Waals surface area contributed by atoms with Gasteiger partial charge in [0.25, 0.3) is 0 Å². The van der Waals surface area contributed by atoms with E-state index < -0.39 is 6.04 Å². The van der Waals surface area contributed by atoms with Crippen LogP contribution >= 0.6 is 0 Å². The van der Waals surface area contributed by atoms with Crippen molar-refractivity contribution in [3.8, 4) is 0 Å². The van der Waals surface area contributed by atoms with Gasteiger partial charge in [-0.1, -0.05) is 18.2 Å². The first kappa shape index (κ1) is 13.1. The van der Waals surface area contributed by atoms with E-state index in [1.165, 1.54) is 0 Å². The second-order valence-electron chi connectivity index (χ2n) is 4.94. The first-order valence-electron chi connectivity index (χ1n) is 6.29. The quantitative estimate of drug-likeness (QED) is 0.820. The maximum absolute atomic E-state index is 12.4. The monoisotopic (exact) mass is 248 g/mol. The Hall–Kier alpha value is -1.39. The number of benzene rings is 1. The molecule has 0 aliphatic carbocycles. The highest BCUT2D eigenvalue weighted by Gasteiger charge is 2.34. The summed E-state index contributed by atoms with van der Waals surface area (Å²) in [7, 11) is 0. The summed E-state index contributed by atoms with van der Waals surface area (Å²) in [6, 6.07) is 5.63. The van der Waals surface area contributed by atoms with Crippen molar-refractivity contribution in [3.63, 3.8) is 0 Å². The van der Waals surface area contributed by atoms with Gasteiger partial charge in [0.2, 0.25) is 5.91 Å². The molecule has 0 saturated carbocycles. The molecule has 2 N–H and O–H groups in total. The predicted molar refractivity (Wildman–Crippen MR) is 71.7 cm³/mol. The van der Waals surface area contributed by atoms with E-state index in [0.717, 1.165) is 16.8 Å². The maximum Gasteiger partial charge on any atom is 0.246 e. The summed E-state index contributed by atoms with van der Waals surface area (Å²) in [5.41, 5.74) is 3.16. The Morgan fingerprint density at radius 3 is 2.56 bits per heavy atom. The van der Waals surface area contributed by atoms with Gasteiger partial charge in [-0.15, -0.1) is 0 Å². The first-order chi connectivity index (χ1) is 8.56. The van der Waals surface area contributed by atoms with E-state index in [2.05, 4.69) is 5.32 Å². The number of aliphatic hydroxyl groups is 1. The van der Waals surface area contributed by atoms with Gasteiger partial charge in [-0.25, -0.2) is 0 Å². The fourth-order valence-electron chi connectivity index (χ4n) is 2.54. The fraction of sp³-hybridized carbons (Fsp3) is 0.500. The van der Waals surface area contributed by atoms with Crippen LogP contribution in [0.15, 0.2) is 18.2 Å². The Morgan fingerprint density at radius 1 is 1.39 bits per heavy atom. The van der Waals surface area contributed by atoms with Gasteiger partial charge in [-0.2, -0.15) is 0 Å². The van der Waals surface area contributed by atoms with Crippen LogP contribution in [0.25, 0.3) is 0 Å². The SMILES string of the molecule is Cc1cccc(C)c1N1C(=O)C(CO)NCC1C. The molecule has 1 heterocycles. The van der Waals surface area contributed by atoms with Crippen molar-refractivity contribution in [2.75, 3.05) is 18.1 Å². The number of rotatable bonds is 2. The van der Waals surface area contributed by atoms with Crippen LogP contribution in [0.1, 0.15) is 18.1 Å². The van der Waals surface area contributed by atoms with Gasteiger partial charge in [0, 0.05) is 18.3 Å². The number of nitrogens with zero attached hydrogens (tertiary/aromatic N) is 1. The number of hydrogen-bond donors (Lipinski definition) is 2. The zero-order valence-corrected chi connectivity index (χ0v) is 11.1. The third-order valence-corrected chi connectivity index (χ3v) is 3.50. The maximum atomic E-state index is 12.4. The smallest absolute Gasteiger partial charge is 0.246 e. The van der Waals surface area contributed by atoms with Gasteiger partial charge in [-0.3, -0.25) is 4.79 Å². The molecule has 98 valence electrons. The molecule has 1 saturated heterocycles. The van der Waals surface area contributed by atoms with E-state index in [0.29, 0.717) is 6.54 Å². The normalized spacial score (nSPS) is 24.4. The molecule has 1 aromatic carbocycles. The second-order valence-corrected chi connectivity index (χ2v) is 4.94. The summed E-state index contributed by atoms with van der Waals surface area (Å²) in [6.07, 6.45) is 0. The van der Waals surface area contributed by atoms with Crippen LogP contribution in [0.5, 0.6) is 0 Å². The van der Waals surface area contributed by atoms with Crippen LogP contribution in [0.3, 0.4) is 0 Å². The first-order valence-corrected chi connectivity index (χ1v) is 6.29. The molecule has 0 aromatic heterocycles. The van der Waals surface area contributed by atoms with Crippen molar-refractivity contribution in [3.05, 3.63) is 29.3 Å². The molecule has 2 unspecified atom stereocenters. The van der Waals surface area contributed by atoms with Crippen LogP contribution in [-0.4, -0.2) is 36.2 Å². The topological polar surface area (TPSA) is 52.6 Å². The van der Waals surface area contributed by atoms with Crippen molar-refractivity contribution in [1.82, 2.24) is 5.32 Å². The Balaban J connectivity index is 2.43. The van der Waals surface area contributed by atoms with E-state index in [1.807, 2.05) is 43.9 Å². The second kappa shape index (κ2) is 5.08. The lowest BCUT2D eigenvalue weighted by molar-refractivity contribution is -0.123. The third-order valence-electron chi connectivity index (χ3n) is 3.50. The number of aliphatic hydroxyl groups excluding tert-OH is 1. The largest absolute Gasteiger partial charge is 0.394 e. The van der Waals surface area contributed by atoms with Crippen LogP contribution in [0.4, 0.5) is 5.69 Å². The number of aryl methyl sites for hydroxylation is 2. The molecule has 4 nitrogen and oxygen atoms in total. The average Bonchev–Trinajstić information content (AvgIpc) is 2.33. The van der Waals surface area contributed by atoms with Crippen LogP contribution in [0.2, 0.25) is 0 Å². The molecule has 0 bridgehead atoms. The van der Waals surface area contributed by atoms with Crippen LogP contribution < -0.4 is 10.2 Å². The van der Waals surface area contributed by atoms with Crippen LogP contribution in [-0.2, 0) is 4.79 Å². The van der Waals surface area contributed by atoms with Crippen LogP contribution in [0, 0.1) is 13.8 Å². The summed E-state index contributed by atoms with van der Waals surface area (Å²) >= 11 is 0. The number of amides is 1. The van der Waals surface area contributed by atoms with E-state index in [9.17, 15) is 9.90 Å². The van der Waals surface area contributed by atoms with Crippen molar-refractivity contribution in [1.29, 1.82) is 0 Å². The molecule has 1 aliphatic rings. The molecule has 1 aliphatic heterocycles. The Morgan fingerprint density at radius 2 is 2.00 bits per heavy atom. The number of anilines is 1. The van der Waals surface area contributed by atoms with Gasteiger partial charge in [0.05, 0.1) is 6.61 Å². The van der Waals surface area contributed by atoms with E-state index in [1.54, 1.807) is 0 Å². The van der Waals surface area contributed by atoms with Gasteiger partial charge < -0.3 is 15.3 Å². The molecule has 2 atom stereocenters. The highest BCUT2D eigenvalue weighted by molar-refractivity contribution is 5.99. The van der Waals surface area contributed by atoms with E-state index >= 15 is 0 Å². The molecule has 1 amide bonds. The zero-order chi connectivity index (χ0) is 13.3. The summed E-state index contributed by atoms with van der Waals surface area (Å²) < 4.78 is 0. The predicted octanol–water partition coefficient (Wildman–Crippen LogP) is 0.989. The molecule has 1 fully saturated rings. The molecule has 4 heteroatoms. The number of carbonyl (C=O) groups excluding carboxylic acids is 1. The lowest BCUT2D eigenvalue weighted by atomic mass is 10.0. The Bertz CT molecular complexity index is 439. The minimum Gasteiger partial charge on any atom is -0.394 e. The number of carbonyl (C=O) groups is 1. The van der Waals surface area contributed by atoms with Gasteiger partial charge in [0.1, 0.15) is 6.04 Å². The molecule has 1 aromatic rings. The van der Waals surface area contributed by atoms with Crippen molar-refractivity contribution in [2.45, 2.75) is 32.9 Å². The van der Waals surface area contributed by atoms with Gasteiger partial charge in [-0.05, 0) is 31.9 Å². The number of nitrogens with one attached hydrogen (secondary N) is 1. The van der Waals surface area contributed by atoms with Crippen molar-refractivity contribution in [2.24, 2.45) is 0 Å². The number of piperazine rings is 1. The molecule has 2 rings (SSSR count). The minimum atomic E-state index is -0.486. The average molecular weight is 248 g/mol. The summed E-state index contributed by atoms with van der Waals surface area (Å²) in [5, 5.41) is 12.3. The van der Waals surface area contributed by atoms with Gasteiger partial charge >= 0.3 is 0 Å². The summed E-state index contributed by atoms with van der Waals surface area (Å²) in [5.74, 6) is -0.0475. The fourth-order valence-corrected chi connectivity index (χ4v) is 2.54. The number of hydrogen-bond acceptors (Lipinski definition) is 3. The van der Waals surface area contributed by atoms with Gasteiger partial charge in [0.15, 0.2) is 0 Å². The molecular formula is C14H20N2O2. The summed E-state index contributed by atoms with van der Waals surface area (Å²) in [6.45, 7) is 6.58. The molecule has 18 heavy (non-hydrogen) atoms. The lowest BCUT2D eigenvalue weighted by Gasteiger charge is -2.39. The lowest BCUT2D eigenvalue weighted by Crippen LogP contribution is -2.61. The Labute approximate surface area is 108 Å². The highest BCUT2D eigenvalue weighted by atomic mass is 16.3. The van der Waals surface area contributed by atoms with Crippen molar-refractivity contribution >= 4 is 11.6 Å². The van der Waals surface area contributed by atoms with Crippen molar-refractivity contribution < 1.29 is 9.90 Å².